The maximum Gasteiger partial charge on any atom is 0.329 e. The Hall–Kier alpha value is -1.58. The zero-order chi connectivity index (χ0) is 15.3. The first kappa shape index (κ1) is 15.8. The van der Waals surface area contributed by atoms with Crippen LogP contribution in [0.5, 0.6) is 0 Å². The fraction of sp³-hybridized carbons (Fsp3) is 0.588. The second-order valence-electron chi connectivity index (χ2n) is 6.11. The average Bonchev–Trinajstić information content (AvgIpc) is 2.63. The number of rotatable bonds is 5. The van der Waals surface area contributed by atoms with Crippen molar-refractivity contribution in [1.82, 2.24) is 0 Å². The van der Waals surface area contributed by atoms with Gasteiger partial charge in [-0.2, -0.15) is 0 Å². The van der Waals surface area contributed by atoms with Crippen LogP contribution in [0.1, 0.15) is 51.9 Å². The van der Waals surface area contributed by atoms with E-state index in [1.165, 1.54) is 12.1 Å². The fourth-order valence-electron chi connectivity index (χ4n) is 3.34. The number of carbonyl (C=O) groups is 1. The summed E-state index contributed by atoms with van der Waals surface area (Å²) in [4.78, 5) is 11.8. The lowest BCUT2D eigenvalue weighted by molar-refractivity contribution is -0.142. The van der Waals surface area contributed by atoms with Crippen molar-refractivity contribution in [2.75, 3.05) is 5.32 Å². The van der Waals surface area contributed by atoms with Gasteiger partial charge in [0.1, 0.15) is 11.4 Å². The number of hydrogen-bond donors (Lipinski definition) is 2. The van der Waals surface area contributed by atoms with Crippen LogP contribution in [0.3, 0.4) is 0 Å². The minimum Gasteiger partial charge on any atom is -0.480 e. The standard InChI is InChI=1S/C17H24FNO2/c1-2-5-13-6-4-10-17(11-9-13,16(20)21)19-15-8-3-7-14(18)12-15/h3,7-8,12-13,19H,2,4-6,9-11H2,1H3,(H,20,21). The third kappa shape index (κ3) is 3.96. The summed E-state index contributed by atoms with van der Waals surface area (Å²) < 4.78 is 13.3. The SMILES string of the molecule is CCCC1CCCC(Nc2cccc(F)c2)(C(=O)O)CC1. The molecule has 0 amide bonds. The molecule has 0 aliphatic heterocycles. The van der Waals surface area contributed by atoms with Gasteiger partial charge in [0, 0.05) is 5.69 Å². The molecule has 0 heterocycles. The van der Waals surface area contributed by atoms with Crippen LogP contribution >= 0.6 is 0 Å². The number of carboxylic acids is 1. The van der Waals surface area contributed by atoms with Crippen LogP contribution in [-0.4, -0.2) is 16.6 Å². The average molecular weight is 293 g/mol. The van der Waals surface area contributed by atoms with Gasteiger partial charge in [0.15, 0.2) is 0 Å². The first-order valence-electron chi connectivity index (χ1n) is 7.83. The van der Waals surface area contributed by atoms with E-state index in [0.717, 1.165) is 32.1 Å². The van der Waals surface area contributed by atoms with Crippen molar-refractivity contribution < 1.29 is 14.3 Å². The molecular formula is C17H24FNO2. The van der Waals surface area contributed by atoms with Crippen LogP contribution in [0.25, 0.3) is 0 Å². The Kier molecular flexibility index (Phi) is 5.21. The smallest absolute Gasteiger partial charge is 0.329 e. The van der Waals surface area contributed by atoms with Crippen LogP contribution < -0.4 is 5.32 Å². The summed E-state index contributed by atoms with van der Waals surface area (Å²) in [5, 5.41) is 12.8. The predicted octanol–water partition coefficient (Wildman–Crippen LogP) is 4.44. The Morgan fingerprint density at radius 3 is 2.90 bits per heavy atom. The third-order valence-electron chi connectivity index (χ3n) is 4.51. The van der Waals surface area contributed by atoms with Crippen molar-refractivity contribution in [2.24, 2.45) is 5.92 Å². The second-order valence-corrected chi connectivity index (χ2v) is 6.11. The van der Waals surface area contributed by atoms with Crippen molar-refractivity contribution in [1.29, 1.82) is 0 Å². The zero-order valence-electron chi connectivity index (χ0n) is 12.6. The summed E-state index contributed by atoms with van der Waals surface area (Å²) >= 11 is 0. The topological polar surface area (TPSA) is 49.3 Å². The maximum atomic E-state index is 13.3. The van der Waals surface area contributed by atoms with Gasteiger partial charge >= 0.3 is 5.97 Å². The van der Waals surface area contributed by atoms with Crippen LogP contribution in [-0.2, 0) is 4.79 Å². The van der Waals surface area contributed by atoms with Crippen LogP contribution in [0, 0.1) is 11.7 Å². The van der Waals surface area contributed by atoms with Gasteiger partial charge in [-0.05, 0) is 43.4 Å². The summed E-state index contributed by atoms with van der Waals surface area (Å²) in [6, 6.07) is 6.05. The molecule has 0 saturated heterocycles. The molecule has 2 atom stereocenters. The summed E-state index contributed by atoms with van der Waals surface area (Å²) in [7, 11) is 0. The van der Waals surface area contributed by atoms with E-state index in [-0.39, 0.29) is 5.82 Å². The summed E-state index contributed by atoms with van der Waals surface area (Å²) in [6.07, 6.45) is 6.41. The fourth-order valence-corrected chi connectivity index (χ4v) is 3.34. The van der Waals surface area contributed by atoms with Gasteiger partial charge in [0.25, 0.3) is 0 Å². The van der Waals surface area contributed by atoms with Gasteiger partial charge in [0.05, 0.1) is 0 Å². The van der Waals surface area contributed by atoms with Crippen molar-refractivity contribution in [3.8, 4) is 0 Å². The third-order valence-corrected chi connectivity index (χ3v) is 4.51. The lowest BCUT2D eigenvalue weighted by atomic mass is 9.88. The van der Waals surface area contributed by atoms with E-state index in [1.807, 2.05) is 0 Å². The molecule has 2 rings (SSSR count). The molecule has 2 N–H and O–H groups in total. The highest BCUT2D eigenvalue weighted by Crippen LogP contribution is 2.35. The van der Waals surface area contributed by atoms with E-state index in [9.17, 15) is 14.3 Å². The molecule has 1 fully saturated rings. The van der Waals surface area contributed by atoms with Crippen LogP contribution in [0.2, 0.25) is 0 Å². The maximum absolute atomic E-state index is 13.3. The molecule has 0 radical (unpaired) electrons. The van der Waals surface area contributed by atoms with Crippen molar-refractivity contribution in [2.45, 2.75) is 57.4 Å². The number of hydrogen-bond acceptors (Lipinski definition) is 2. The molecule has 1 saturated carbocycles. The Balaban J connectivity index is 2.15. The van der Waals surface area contributed by atoms with Gasteiger partial charge in [-0.1, -0.05) is 38.7 Å². The Bertz CT molecular complexity index is 491. The summed E-state index contributed by atoms with van der Waals surface area (Å²) in [6.45, 7) is 2.17. The number of nitrogens with one attached hydrogen (secondary N) is 1. The first-order chi connectivity index (χ1) is 10.1. The minimum atomic E-state index is -0.962. The quantitative estimate of drug-likeness (QED) is 0.789. The second kappa shape index (κ2) is 6.92. The first-order valence-corrected chi connectivity index (χ1v) is 7.83. The molecule has 116 valence electrons. The molecule has 0 bridgehead atoms. The summed E-state index contributed by atoms with van der Waals surface area (Å²) in [5.41, 5.74) is -0.414. The Morgan fingerprint density at radius 1 is 1.43 bits per heavy atom. The lowest BCUT2D eigenvalue weighted by Gasteiger charge is -2.30. The van der Waals surface area contributed by atoms with E-state index in [1.54, 1.807) is 12.1 Å². The minimum absolute atomic E-state index is 0.349. The van der Waals surface area contributed by atoms with Crippen molar-refractivity contribution in [3.63, 3.8) is 0 Å². The number of anilines is 1. The molecule has 0 spiro atoms. The largest absolute Gasteiger partial charge is 0.480 e. The number of carboxylic acid groups (broad SMARTS) is 1. The molecule has 1 aliphatic carbocycles. The highest BCUT2D eigenvalue weighted by Gasteiger charge is 2.40. The predicted molar refractivity (Wildman–Crippen MR) is 81.9 cm³/mol. The molecule has 3 nitrogen and oxygen atoms in total. The molecule has 1 aromatic rings. The van der Waals surface area contributed by atoms with E-state index in [0.29, 0.717) is 24.4 Å². The monoisotopic (exact) mass is 293 g/mol. The molecular weight excluding hydrogens is 269 g/mol. The number of benzene rings is 1. The van der Waals surface area contributed by atoms with E-state index in [4.69, 9.17) is 0 Å². The molecule has 1 aromatic carbocycles. The number of halogens is 1. The Labute approximate surface area is 125 Å². The Morgan fingerprint density at radius 2 is 2.24 bits per heavy atom. The van der Waals surface area contributed by atoms with E-state index in [2.05, 4.69) is 12.2 Å². The molecule has 0 aromatic heterocycles. The van der Waals surface area contributed by atoms with Gasteiger partial charge in [-0.3, -0.25) is 0 Å². The highest BCUT2D eigenvalue weighted by atomic mass is 19.1. The van der Waals surface area contributed by atoms with Crippen LogP contribution in [0.15, 0.2) is 24.3 Å². The molecule has 4 heteroatoms. The van der Waals surface area contributed by atoms with E-state index >= 15 is 0 Å². The van der Waals surface area contributed by atoms with Gasteiger partial charge in [-0.15, -0.1) is 0 Å². The normalized spacial score (nSPS) is 26.1. The van der Waals surface area contributed by atoms with Gasteiger partial charge < -0.3 is 10.4 Å². The van der Waals surface area contributed by atoms with Crippen LogP contribution in [0.4, 0.5) is 10.1 Å². The zero-order valence-corrected chi connectivity index (χ0v) is 12.6. The van der Waals surface area contributed by atoms with Gasteiger partial charge in [-0.25, -0.2) is 9.18 Å². The van der Waals surface area contributed by atoms with Crippen molar-refractivity contribution >= 4 is 11.7 Å². The van der Waals surface area contributed by atoms with Crippen molar-refractivity contribution in [3.05, 3.63) is 30.1 Å². The highest BCUT2D eigenvalue weighted by molar-refractivity contribution is 5.82. The van der Waals surface area contributed by atoms with E-state index < -0.39 is 11.5 Å². The summed E-state index contributed by atoms with van der Waals surface area (Å²) in [5.74, 6) is -0.563. The molecule has 1 aliphatic rings. The molecule has 21 heavy (non-hydrogen) atoms. The lowest BCUT2D eigenvalue weighted by Crippen LogP contribution is -2.46. The molecule has 2 unspecified atom stereocenters. The van der Waals surface area contributed by atoms with Gasteiger partial charge in [0.2, 0.25) is 0 Å². The number of aliphatic carboxylic acids is 1.